The second kappa shape index (κ2) is 8.35. The first-order valence-electron chi connectivity index (χ1n) is 6.47. The molecule has 3 N–H and O–H groups in total. The zero-order chi connectivity index (χ0) is 15.8. The number of rotatable bonds is 5. The van der Waals surface area contributed by atoms with Crippen molar-refractivity contribution in [3.05, 3.63) is 34.9 Å². The lowest BCUT2D eigenvalue weighted by Crippen LogP contribution is -2.37. The molecule has 1 rings (SSSR count). The van der Waals surface area contributed by atoms with Gasteiger partial charge in [0, 0.05) is 17.7 Å². The first-order valence-corrected chi connectivity index (χ1v) is 6.47. The minimum Gasteiger partial charge on any atom is -0.395 e. The number of carbonyl (C=O) groups is 1. The zero-order valence-electron chi connectivity index (χ0n) is 11.8. The van der Waals surface area contributed by atoms with Crippen LogP contribution in [0.5, 0.6) is 0 Å². The van der Waals surface area contributed by atoms with Gasteiger partial charge in [-0.25, -0.2) is 8.78 Å². The quantitative estimate of drug-likeness (QED) is 0.797. The molecule has 0 saturated carbocycles. The third-order valence-electron chi connectivity index (χ3n) is 2.83. The summed E-state index contributed by atoms with van der Waals surface area (Å²) in [6, 6.07) is 4.81. The summed E-state index contributed by atoms with van der Waals surface area (Å²) in [5.74, 6) is 4.97. The van der Waals surface area contributed by atoms with E-state index >= 15 is 0 Å². The van der Waals surface area contributed by atoms with E-state index in [-0.39, 0.29) is 25.3 Å². The Bertz CT molecular complexity index is 550. The van der Waals surface area contributed by atoms with Gasteiger partial charge >= 0.3 is 0 Å². The molecule has 1 aromatic rings. The minimum atomic E-state index is -2.65. The van der Waals surface area contributed by atoms with Crippen molar-refractivity contribution < 1.29 is 18.7 Å². The van der Waals surface area contributed by atoms with Gasteiger partial charge in [0.15, 0.2) is 0 Å². The lowest BCUT2D eigenvalue weighted by Gasteiger charge is -2.21. The van der Waals surface area contributed by atoms with E-state index in [1.807, 2.05) is 6.92 Å². The van der Waals surface area contributed by atoms with Crippen LogP contribution in [-0.4, -0.2) is 48.6 Å². The number of benzene rings is 1. The van der Waals surface area contributed by atoms with Gasteiger partial charge in [-0.1, -0.05) is 17.9 Å². The molecule has 1 aromatic carbocycles. The van der Waals surface area contributed by atoms with Crippen LogP contribution in [0.2, 0.25) is 0 Å². The standard InChI is InChI=1S/C15H18F2N2O2/c1-11-4-5-13(9-12(11)3-2-6-18)15(21)19(7-8-20)10-14(16)17/h4-5,9,14,20H,6-8,10,18H2,1H3. The number of aliphatic hydroxyl groups excluding tert-OH is 1. The van der Waals surface area contributed by atoms with Crippen LogP contribution in [0, 0.1) is 18.8 Å². The minimum absolute atomic E-state index is 0.138. The van der Waals surface area contributed by atoms with Crippen molar-refractivity contribution in [2.75, 3.05) is 26.2 Å². The molecule has 114 valence electrons. The van der Waals surface area contributed by atoms with Crippen LogP contribution in [0.25, 0.3) is 0 Å². The highest BCUT2D eigenvalue weighted by atomic mass is 19.3. The number of amides is 1. The smallest absolute Gasteiger partial charge is 0.255 e. The van der Waals surface area contributed by atoms with Gasteiger partial charge < -0.3 is 15.7 Å². The number of halogens is 2. The van der Waals surface area contributed by atoms with Gasteiger partial charge in [-0.05, 0) is 24.6 Å². The highest BCUT2D eigenvalue weighted by molar-refractivity contribution is 5.94. The number of nitrogens with zero attached hydrogens (tertiary/aromatic N) is 1. The fourth-order valence-electron chi connectivity index (χ4n) is 1.78. The molecule has 1 amide bonds. The van der Waals surface area contributed by atoms with Crippen LogP contribution < -0.4 is 5.73 Å². The lowest BCUT2D eigenvalue weighted by molar-refractivity contribution is 0.0509. The molecule has 0 bridgehead atoms. The maximum Gasteiger partial charge on any atom is 0.255 e. The van der Waals surface area contributed by atoms with Crippen LogP contribution in [0.3, 0.4) is 0 Å². The summed E-state index contributed by atoms with van der Waals surface area (Å²) in [4.78, 5) is 13.1. The van der Waals surface area contributed by atoms with Gasteiger partial charge in [-0.15, -0.1) is 0 Å². The van der Waals surface area contributed by atoms with Gasteiger partial charge in [-0.3, -0.25) is 4.79 Å². The Labute approximate surface area is 122 Å². The highest BCUT2D eigenvalue weighted by Crippen LogP contribution is 2.13. The summed E-state index contributed by atoms with van der Waals surface area (Å²) in [6.07, 6.45) is -2.65. The van der Waals surface area contributed by atoms with Crippen LogP contribution in [0.4, 0.5) is 8.78 Å². The molecule has 0 heterocycles. The van der Waals surface area contributed by atoms with Gasteiger partial charge in [0.25, 0.3) is 12.3 Å². The number of nitrogens with two attached hydrogens (primary N) is 1. The number of aryl methyl sites for hydroxylation is 1. The summed E-state index contributed by atoms with van der Waals surface area (Å²) in [7, 11) is 0. The second-order valence-electron chi connectivity index (χ2n) is 4.40. The average Bonchev–Trinajstić information content (AvgIpc) is 2.45. The maximum atomic E-state index is 12.5. The highest BCUT2D eigenvalue weighted by Gasteiger charge is 2.19. The first-order chi connectivity index (χ1) is 9.99. The van der Waals surface area contributed by atoms with Crippen molar-refractivity contribution in [1.82, 2.24) is 4.90 Å². The molecule has 21 heavy (non-hydrogen) atoms. The van der Waals surface area contributed by atoms with E-state index in [4.69, 9.17) is 10.8 Å². The van der Waals surface area contributed by atoms with Crippen molar-refractivity contribution in [3.8, 4) is 11.8 Å². The van der Waals surface area contributed by atoms with Crippen molar-refractivity contribution >= 4 is 5.91 Å². The largest absolute Gasteiger partial charge is 0.395 e. The molecule has 0 atom stereocenters. The third kappa shape index (κ3) is 5.14. The van der Waals surface area contributed by atoms with Gasteiger partial charge in [0.2, 0.25) is 0 Å². The SMILES string of the molecule is Cc1ccc(C(=O)N(CCO)CC(F)F)cc1C#CCN. The average molecular weight is 296 g/mol. The molecule has 0 spiro atoms. The Kier molecular flexibility index (Phi) is 6.79. The Morgan fingerprint density at radius 2 is 2.19 bits per heavy atom. The fraction of sp³-hybridized carbons (Fsp3) is 0.400. The summed E-state index contributed by atoms with van der Waals surface area (Å²) >= 11 is 0. The topological polar surface area (TPSA) is 66.6 Å². The zero-order valence-corrected chi connectivity index (χ0v) is 11.8. The molecule has 4 nitrogen and oxygen atoms in total. The Hall–Kier alpha value is -1.97. The van der Waals surface area contributed by atoms with E-state index < -0.39 is 18.9 Å². The van der Waals surface area contributed by atoms with Gasteiger partial charge in [0.05, 0.1) is 19.7 Å². The Morgan fingerprint density at radius 3 is 2.76 bits per heavy atom. The molecule has 0 aromatic heterocycles. The molecule has 0 unspecified atom stereocenters. The van der Waals surface area contributed by atoms with E-state index in [9.17, 15) is 13.6 Å². The second-order valence-corrected chi connectivity index (χ2v) is 4.40. The van der Waals surface area contributed by atoms with E-state index in [0.717, 1.165) is 10.5 Å². The summed E-state index contributed by atoms with van der Waals surface area (Å²) in [6.45, 7) is 0.807. The summed E-state index contributed by atoms with van der Waals surface area (Å²) in [5, 5.41) is 8.89. The molecule has 0 radical (unpaired) electrons. The van der Waals surface area contributed by atoms with Crippen LogP contribution >= 0.6 is 0 Å². The molecule has 0 aliphatic carbocycles. The molecular formula is C15H18F2N2O2. The van der Waals surface area contributed by atoms with Gasteiger partial charge in [-0.2, -0.15) is 0 Å². The van der Waals surface area contributed by atoms with E-state index in [1.165, 1.54) is 0 Å². The molecular weight excluding hydrogens is 278 g/mol. The monoisotopic (exact) mass is 296 g/mol. The van der Waals surface area contributed by atoms with Crippen LogP contribution in [0.15, 0.2) is 18.2 Å². The molecule has 0 aliphatic rings. The number of hydrogen-bond acceptors (Lipinski definition) is 3. The Balaban J connectivity index is 3.04. The number of alkyl halides is 2. The summed E-state index contributed by atoms with van der Waals surface area (Å²) < 4.78 is 25.0. The lowest BCUT2D eigenvalue weighted by atomic mass is 10.0. The number of hydrogen-bond donors (Lipinski definition) is 2. The van der Waals surface area contributed by atoms with Gasteiger partial charge in [0.1, 0.15) is 0 Å². The molecule has 0 saturated heterocycles. The molecule has 6 heteroatoms. The predicted octanol–water partition coefficient (Wildman–Crippen LogP) is 1.00. The van der Waals surface area contributed by atoms with E-state index in [2.05, 4.69) is 11.8 Å². The van der Waals surface area contributed by atoms with Crippen molar-refractivity contribution in [2.45, 2.75) is 13.3 Å². The summed E-state index contributed by atoms with van der Waals surface area (Å²) in [5.41, 5.74) is 7.07. The van der Waals surface area contributed by atoms with E-state index in [1.54, 1.807) is 18.2 Å². The van der Waals surface area contributed by atoms with E-state index in [0.29, 0.717) is 5.56 Å². The number of aliphatic hydroxyl groups is 1. The van der Waals surface area contributed by atoms with Crippen molar-refractivity contribution in [1.29, 1.82) is 0 Å². The maximum absolute atomic E-state index is 12.5. The fourth-order valence-corrected chi connectivity index (χ4v) is 1.78. The predicted molar refractivity (Wildman–Crippen MR) is 76.1 cm³/mol. The normalized spacial score (nSPS) is 10.2. The third-order valence-corrected chi connectivity index (χ3v) is 2.83. The van der Waals surface area contributed by atoms with Crippen LogP contribution in [-0.2, 0) is 0 Å². The Morgan fingerprint density at radius 1 is 1.48 bits per heavy atom. The molecule has 0 fully saturated rings. The van der Waals surface area contributed by atoms with Crippen molar-refractivity contribution in [2.24, 2.45) is 5.73 Å². The first kappa shape index (κ1) is 17.1. The van der Waals surface area contributed by atoms with Crippen LogP contribution in [0.1, 0.15) is 21.5 Å². The van der Waals surface area contributed by atoms with Crippen molar-refractivity contribution in [3.63, 3.8) is 0 Å². The number of carbonyl (C=O) groups excluding carboxylic acids is 1. The molecule has 0 aliphatic heterocycles.